The quantitative estimate of drug-likeness (QED) is 0.683. The molecule has 1 aliphatic heterocycles. The molecule has 5 nitrogen and oxygen atoms in total. The molecule has 0 spiro atoms. The van der Waals surface area contributed by atoms with E-state index >= 15 is 0 Å². The molecular formula is C9H18N2O3S. The van der Waals surface area contributed by atoms with Crippen LogP contribution in [0.4, 0.5) is 0 Å². The number of nitrogens with two attached hydrogens (primary N) is 1. The zero-order chi connectivity index (χ0) is 11.7. The first kappa shape index (κ1) is 12.4. The lowest BCUT2D eigenvalue weighted by molar-refractivity contribution is -0.123. The van der Waals surface area contributed by atoms with Crippen LogP contribution in [0, 0.1) is 0 Å². The molecule has 1 unspecified atom stereocenters. The van der Waals surface area contributed by atoms with Crippen LogP contribution in [0.5, 0.6) is 0 Å². The average Bonchev–Trinajstić information content (AvgIpc) is 2.39. The number of carbonyl (C=O) groups is 1. The molecule has 0 radical (unpaired) electrons. The summed E-state index contributed by atoms with van der Waals surface area (Å²) >= 11 is 0. The third-order valence-electron chi connectivity index (χ3n) is 2.70. The fourth-order valence-corrected chi connectivity index (χ4v) is 3.78. The van der Waals surface area contributed by atoms with Gasteiger partial charge in [-0.3, -0.25) is 4.79 Å². The minimum Gasteiger partial charge on any atom is -0.349 e. The molecule has 0 aromatic heterocycles. The number of sulfone groups is 1. The van der Waals surface area contributed by atoms with Crippen molar-refractivity contribution in [1.29, 1.82) is 0 Å². The minimum atomic E-state index is -2.99. The first-order valence-electron chi connectivity index (χ1n) is 5.06. The maximum Gasteiger partial charge on any atom is 0.237 e. The van der Waals surface area contributed by atoms with Gasteiger partial charge in [-0.15, -0.1) is 0 Å². The lowest BCUT2D eigenvalue weighted by Gasteiger charge is -2.25. The molecule has 6 heteroatoms. The molecule has 1 amide bonds. The van der Waals surface area contributed by atoms with Gasteiger partial charge in [0.15, 0.2) is 9.84 Å². The standard InChI is InChI=1S/C9H18N2O3S/c1-3-7(10)8(12)11-9(2)4-5-15(13,14)6-9/h7H,3-6,10H2,1-2H3,(H,11,12)/t7-,9?/m0/s1. The zero-order valence-electron chi connectivity index (χ0n) is 9.12. The Bertz CT molecular complexity index is 352. The van der Waals surface area contributed by atoms with Crippen molar-refractivity contribution in [3.05, 3.63) is 0 Å². The number of rotatable bonds is 3. The number of carbonyl (C=O) groups excluding carboxylic acids is 1. The van der Waals surface area contributed by atoms with E-state index in [0.717, 1.165) is 0 Å². The van der Waals surface area contributed by atoms with Crippen molar-refractivity contribution in [3.8, 4) is 0 Å². The molecule has 1 heterocycles. The van der Waals surface area contributed by atoms with Crippen LogP contribution < -0.4 is 11.1 Å². The van der Waals surface area contributed by atoms with Gasteiger partial charge in [0.1, 0.15) is 0 Å². The van der Waals surface area contributed by atoms with Gasteiger partial charge in [-0.1, -0.05) is 6.92 Å². The van der Waals surface area contributed by atoms with E-state index in [0.29, 0.717) is 12.8 Å². The summed E-state index contributed by atoms with van der Waals surface area (Å²) in [4.78, 5) is 11.5. The van der Waals surface area contributed by atoms with E-state index in [9.17, 15) is 13.2 Å². The van der Waals surface area contributed by atoms with Crippen LogP contribution in [0.2, 0.25) is 0 Å². The second kappa shape index (κ2) is 4.09. The second-order valence-electron chi connectivity index (χ2n) is 4.41. The molecule has 1 rings (SSSR count). The van der Waals surface area contributed by atoms with Crippen LogP contribution in [0.3, 0.4) is 0 Å². The predicted octanol–water partition coefficient (Wildman–Crippen LogP) is -0.583. The normalized spacial score (nSPS) is 31.1. The van der Waals surface area contributed by atoms with Crippen molar-refractivity contribution >= 4 is 15.7 Å². The van der Waals surface area contributed by atoms with E-state index in [1.807, 2.05) is 6.92 Å². The molecule has 3 N–H and O–H groups in total. The first-order chi connectivity index (χ1) is 6.78. The summed E-state index contributed by atoms with van der Waals surface area (Å²) in [6, 6.07) is -0.551. The Kier molecular flexibility index (Phi) is 3.40. The highest BCUT2D eigenvalue weighted by Gasteiger charge is 2.39. The monoisotopic (exact) mass is 234 g/mol. The summed E-state index contributed by atoms with van der Waals surface area (Å²) in [6.45, 7) is 3.57. The smallest absolute Gasteiger partial charge is 0.237 e. The maximum absolute atomic E-state index is 11.5. The average molecular weight is 234 g/mol. The summed E-state index contributed by atoms with van der Waals surface area (Å²) in [5.74, 6) is -0.107. The third-order valence-corrected chi connectivity index (χ3v) is 4.61. The second-order valence-corrected chi connectivity index (χ2v) is 6.59. The van der Waals surface area contributed by atoms with Crippen molar-refractivity contribution < 1.29 is 13.2 Å². The number of hydrogen-bond acceptors (Lipinski definition) is 4. The third kappa shape index (κ3) is 3.17. The highest BCUT2D eigenvalue weighted by atomic mass is 32.2. The number of nitrogens with one attached hydrogen (secondary N) is 1. The Morgan fingerprint density at radius 1 is 1.60 bits per heavy atom. The van der Waals surface area contributed by atoms with Crippen molar-refractivity contribution in [2.24, 2.45) is 5.73 Å². The Morgan fingerprint density at radius 3 is 2.60 bits per heavy atom. The van der Waals surface area contributed by atoms with Crippen LogP contribution in [0.25, 0.3) is 0 Å². The molecule has 0 aromatic rings. The zero-order valence-corrected chi connectivity index (χ0v) is 9.93. The van der Waals surface area contributed by atoms with Gasteiger partial charge in [0.05, 0.1) is 23.1 Å². The van der Waals surface area contributed by atoms with Gasteiger partial charge in [-0.25, -0.2) is 8.42 Å². The van der Waals surface area contributed by atoms with Gasteiger partial charge in [0, 0.05) is 0 Å². The SMILES string of the molecule is CC[C@H](N)C(=O)NC1(C)CCS(=O)(=O)C1. The first-order valence-corrected chi connectivity index (χ1v) is 6.88. The summed E-state index contributed by atoms with van der Waals surface area (Å²) in [7, 11) is -2.99. The highest BCUT2D eigenvalue weighted by Crippen LogP contribution is 2.22. The van der Waals surface area contributed by atoms with E-state index in [2.05, 4.69) is 5.32 Å². The van der Waals surface area contributed by atoms with Gasteiger partial charge in [-0.05, 0) is 19.8 Å². The van der Waals surface area contributed by atoms with E-state index < -0.39 is 21.4 Å². The van der Waals surface area contributed by atoms with Crippen LogP contribution in [0.1, 0.15) is 26.7 Å². The molecule has 0 saturated carbocycles. The van der Waals surface area contributed by atoms with Crippen LogP contribution in [-0.4, -0.2) is 37.4 Å². The van der Waals surface area contributed by atoms with Gasteiger partial charge in [0.25, 0.3) is 0 Å². The van der Waals surface area contributed by atoms with Gasteiger partial charge in [-0.2, -0.15) is 0 Å². The molecular weight excluding hydrogens is 216 g/mol. The lowest BCUT2D eigenvalue weighted by atomic mass is 10.0. The maximum atomic E-state index is 11.5. The van der Waals surface area contributed by atoms with Crippen LogP contribution >= 0.6 is 0 Å². The molecule has 1 saturated heterocycles. The van der Waals surface area contributed by atoms with Crippen molar-refractivity contribution in [2.75, 3.05) is 11.5 Å². The predicted molar refractivity (Wildman–Crippen MR) is 58.1 cm³/mol. The Morgan fingerprint density at radius 2 is 2.20 bits per heavy atom. The topological polar surface area (TPSA) is 89.3 Å². The largest absolute Gasteiger partial charge is 0.349 e. The number of hydrogen-bond donors (Lipinski definition) is 2. The lowest BCUT2D eigenvalue weighted by Crippen LogP contribution is -2.52. The molecule has 15 heavy (non-hydrogen) atoms. The highest BCUT2D eigenvalue weighted by molar-refractivity contribution is 7.91. The molecule has 0 bridgehead atoms. The van der Waals surface area contributed by atoms with E-state index in [4.69, 9.17) is 5.73 Å². The van der Waals surface area contributed by atoms with Crippen molar-refractivity contribution in [1.82, 2.24) is 5.32 Å². The fraction of sp³-hybridized carbons (Fsp3) is 0.889. The minimum absolute atomic E-state index is 0.0160. The van der Waals surface area contributed by atoms with E-state index in [1.54, 1.807) is 6.92 Å². The molecule has 1 fully saturated rings. The molecule has 0 aliphatic carbocycles. The van der Waals surface area contributed by atoms with Gasteiger partial charge >= 0.3 is 0 Å². The van der Waals surface area contributed by atoms with Crippen molar-refractivity contribution in [3.63, 3.8) is 0 Å². The van der Waals surface area contributed by atoms with Gasteiger partial charge in [0.2, 0.25) is 5.91 Å². The van der Waals surface area contributed by atoms with Crippen LogP contribution in [0.15, 0.2) is 0 Å². The Hall–Kier alpha value is -0.620. The summed E-state index contributed by atoms with van der Waals surface area (Å²) < 4.78 is 22.6. The van der Waals surface area contributed by atoms with E-state index in [1.165, 1.54) is 0 Å². The summed E-state index contributed by atoms with van der Waals surface area (Å²) in [6.07, 6.45) is 1.02. The van der Waals surface area contributed by atoms with E-state index in [-0.39, 0.29) is 17.4 Å². The number of amides is 1. The molecule has 2 atom stereocenters. The van der Waals surface area contributed by atoms with Crippen molar-refractivity contribution in [2.45, 2.75) is 38.3 Å². The fourth-order valence-electron chi connectivity index (χ4n) is 1.68. The summed E-state index contributed by atoms with van der Waals surface area (Å²) in [5.41, 5.74) is 4.92. The molecule has 1 aliphatic rings. The summed E-state index contributed by atoms with van der Waals surface area (Å²) in [5, 5.41) is 2.72. The Balaban J connectivity index is 2.63. The van der Waals surface area contributed by atoms with Crippen LogP contribution in [-0.2, 0) is 14.6 Å². The molecule has 0 aromatic carbocycles. The Labute approximate surface area is 90.3 Å². The van der Waals surface area contributed by atoms with Gasteiger partial charge < -0.3 is 11.1 Å². The molecule has 88 valence electrons.